The smallest absolute Gasteiger partial charge is 0.365 e. The van der Waals surface area contributed by atoms with Crippen LogP contribution < -0.4 is 19.0 Å². The van der Waals surface area contributed by atoms with Crippen LogP contribution in [0, 0.1) is 6.92 Å². The van der Waals surface area contributed by atoms with Crippen molar-refractivity contribution in [2.75, 3.05) is 13.9 Å². The van der Waals surface area contributed by atoms with E-state index >= 15 is 0 Å². The Bertz CT molecular complexity index is 2010. The molecule has 2 N–H and O–H groups in total. The second kappa shape index (κ2) is 9.20. The number of aryl methyl sites for hydroxylation is 1. The number of benzene rings is 3. The van der Waals surface area contributed by atoms with Crippen molar-refractivity contribution >= 4 is 41.8 Å². The van der Waals surface area contributed by atoms with Gasteiger partial charge >= 0.3 is 5.13 Å². The Hall–Kier alpha value is -4.16. The first-order chi connectivity index (χ1) is 18.9. The lowest BCUT2D eigenvalue weighted by atomic mass is 10.1. The molecule has 0 aliphatic carbocycles. The van der Waals surface area contributed by atoms with Gasteiger partial charge in [0, 0.05) is 17.2 Å². The van der Waals surface area contributed by atoms with Crippen molar-refractivity contribution < 1.29 is 44.9 Å². The zero-order valence-electron chi connectivity index (χ0n) is 20.5. The number of thiazole rings is 1. The maximum atomic E-state index is 12.2. The van der Waals surface area contributed by atoms with Crippen molar-refractivity contribution in [3.63, 3.8) is 0 Å². The number of fused-ring (bicyclic) bond motifs is 2. The van der Waals surface area contributed by atoms with Gasteiger partial charge in [-0.1, -0.05) is 22.4 Å². The van der Waals surface area contributed by atoms with Crippen LogP contribution in [0.1, 0.15) is 5.56 Å². The summed E-state index contributed by atoms with van der Waals surface area (Å²) in [7, 11) is -8.12. The lowest BCUT2D eigenvalue weighted by Gasteiger charge is -2.07. The molecular weight excluding hydrogens is 586 g/mol. The van der Waals surface area contributed by atoms with Crippen LogP contribution in [0.4, 0.5) is 0 Å². The van der Waals surface area contributed by atoms with Gasteiger partial charge in [-0.3, -0.25) is 9.11 Å². The molecule has 5 aromatic rings. The molecule has 0 unspecified atom stereocenters. The molecule has 0 radical (unpaired) electrons. The van der Waals surface area contributed by atoms with Crippen LogP contribution in [0.5, 0.6) is 17.2 Å². The third kappa shape index (κ3) is 4.52. The fourth-order valence-electron chi connectivity index (χ4n) is 4.09. The third-order valence-corrected chi connectivity index (χ3v) is 8.67. The highest BCUT2D eigenvalue weighted by Crippen LogP contribution is 2.38. The highest BCUT2D eigenvalue weighted by Gasteiger charge is 2.30. The third-order valence-electron chi connectivity index (χ3n) is 5.91. The van der Waals surface area contributed by atoms with E-state index in [4.69, 9.17) is 14.2 Å². The minimum absolute atomic E-state index is 0.00833. The maximum absolute atomic E-state index is 12.2. The first-order valence-corrected chi connectivity index (χ1v) is 15.0. The molecule has 0 saturated heterocycles. The zero-order chi connectivity index (χ0) is 28.4. The maximum Gasteiger partial charge on any atom is 0.365 e. The fourth-order valence-corrected chi connectivity index (χ4v) is 6.46. The lowest BCUT2D eigenvalue weighted by molar-refractivity contribution is -0.734. The second-order valence-corrected chi connectivity index (χ2v) is 12.3. The van der Waals surface area contributed by atoms with E-state index < -0.39 is 30.0 Å². The standard InChI is InChI=1S/C23H17N5O9S3/c1-12-3-5-14(20(7-12)39(29,30)31)22-25-27(13-4-6-16(35-2)21(8-13)40(32,33)34)28(26-22)23-24-15-9-17-18(37-11-36-17)10-19(15)38-23/h3-10H,11H2,1-2H3,(H-,29,30,31,32,33,34)/p+1. The largest absolute Gasteiger partial charge is 0.495 e. The van der Waals surface area contributed by atoms with Crippen molar-refractivity contribution in [1.82, 2.24) is 20.0 Å². The molecule has 17 heteroatoms. The van der Waals surface area contributed by atoms with Gasteiger partial charge in [0.15, 0.2) is 17.0 Å². The monoisotopic (exact) mass is 604 g/mol. The average Bonchev–Trinajstić information content (AvgIpc) is 3.63. The predicted octanol–water partition coefficient (Wildman–Crippen LogP) is 2.36. The Morgan fingerprint density at radius 1 is 0.975 bits per heavy atom. The number of methoxy groups -OCH3 is 1. The highest BCUT2D eigenvalue weighted by molar-refractivity contribution is 7.86. The van der Waals surface area contributed by atoms with Crippen LogP contribution in [0.2, 0.25) is 0 Å². The van der Waals surface area contributed by atoms with Crippen LogP contribution >= 0.6 is 11.3 Å². The van der Waals surface area contributed by atoms with Gasteiger partial charge in [0.05, 0.1) is 17.4 Å². The fraction of sp³-hybridized carbons (Fsp3) is 0.130. The van der Waals surface area contributed by atoms with Gasteiger partial charge in [-0.25, -0.2) is 0 Å². The minimum atomic E-state index is -4.71. The topological polar surface area (TPSA) is 184 Å². The molecule has 0 spiro atoms. The normalized spacial score (nSPS) is 13.2. The predicted molar refractivity (Wildman–Crippen MR) is 139 cm³/mol. The van der Waals surface area contributed by atoms with Crippen LogP contribution in [0.3, 0.4) is 0 Å². The first kappa shape index (κ1) is 26.1. The summed E-state index contributed by atoms with van der Waals surface area (Å²) in [5.74, 6) is 0.826. The van der Waals surface area contributed by atoms with Gasteiger partial charge in [0.25, 0.3) is 26.1 Å². The molecule has 1 aliphatic rings. The molecule has 1 aliphatic heterocycles. The molecule has 0 atom stereocenters. The summed E-state index contributed by atoms with van der Waals surface area (Å²) < 4.78 is 84.9. The molecule has 3 aromatic carbocycles. The van der Waals surface area contributed by atoms with Gasteiger partial charge in [0.2, 0.25) is 6.79 Å². The van der Waals surface area contributed by atoms with Gasteiger partial charge in [-0.05, 0) is 57.5 Å². The Labute approximate surface area is 230 Å². The Balaban J connectivity index is 1.61. The second-order valence-electron chi connectivity index (χ2n) is 8.56. The number of ether oxygens (including phenoxy) is 3. The first-order valence-electron chi connectivity index (χ1n) is 11.3. The van der Waals surface area contributed by atoms with E-state index in [1.54, 1.807) is 25.1 Å². The molecule has 14 nitrogen and oxygen atoms in total. The minimum Gasteiger partial charge on any atom is -0.495 e. The number of nitrogens with zero attached hydrogens (tertiary/aromatic N) is 5. The van der Waals surface area contributed by atoms with Crippen LogP contribution in [-0.2, 0) is 20.2 Å². The van der Waals surface area contributed by atoms with Crippen LogP contribution in [0.15, 0.2) is 58.3 Å². The summed E-state index contributed by atoms with van der Waals surface area (Å²) in [4.78, 5) is 6.07. The molecule has 3 heterocycles. The Morgan fingerprint density at radius 2 is 1.70 bits per heavy atom. The zero-order valence-corrected chi connectivity index (χ0v) is 23.0. The van der Waals surface area contributed by atoms with E-state index in [1.165, 1.54) is 52.3 Å². The van der Waals surface area contributed by atoms with Crippen molar-refractivity contribution in [3.8, 4) is 39.5 Å². The molecular formula is C23H18N5O9S3+. The molecule has 6 rings (SSSR count). The molecule has 40 heavy (non-hydrogen) atoms. The highest BCUT2D eigenvalue weighted by atomic mass is 32.2. The number of hydrogen-bond donors (Lipinski definition) is 2. The summed E-state index contributed by atoms with van der Waals surface area (Å²) in [6.07, 6.45) is 0. The van der Waals surface area contributed by atoms with E-state index in [0.717, 1.165) is 6.07 Å². The number of hydrogen-bond acceptors (Lipinski definition) is 11. The van der Waals surface area contributed by atoms with E-state index in [9.17, 15) is 25.9 Å². The molecule has 2 aromatic heterocycles. The van der Waals surface area contributed by atoms with E-state index in [1.807, 2.05) is 0 Å². The van der Waals surface area contributed by atoms with E-state index in [0.29, 0.717) is 27.3 Å². The van der Waals surface area contributed by atoms with Gasteiger partial charge in [0.1, 0.15) is 21.2 Å². The number of rotatable bonds is 6. The molecule has 0 amide bonds. The van der Waals surface area contributed by atoms with Crippen molar-refractivity contribution in [1.29, 1.82) is 0 Å². The summed E-state index contributed by atoms with van der Waals surface area (Å²) in [6.45, 7) is 1.75. The SMILES string of the molecule is COc1ccc(-n2nc(-c3ccc(C)cc3S(=O)(=O)O)n[n+]2-c2nc3cc4c(cc3s2)OCO4)cc1S(=O)(=O)O. The van der Waals surface area contributed by atoms with Crippen molar-refractivity contribution in [3.05, 3.63) is 54.1 Å². The summed E-state index contributed by atoms with van der Waals surface area (Å²) in [5.41, 5.74) is 1.22. The van der Waals surface area contributed by atoms with Gasteiger partial charge < -0.3 is 14.2 Å². The van der Waals surface area contributed by atoms with Crippen molar-refractivity contribution in [2.24, 2.45) is 0 Å². The molecule has 206 valence electrons. The summed E-state index contributed by atoms with van der Waals surface area (Å²) in [6, 6.07) is 11.7. The molecule has 0 fully saturated rings. The van der Waals surface area contributed by atoms with Crippen LogP contribution in [-0.4, -0.2) is 59.8 Å². The van der Waals surface area contributed by atoms with Crippen molar-refractivity contribution in [2.45, 2.75) is 16.7 Å². The average molecular weight is 605 g/mol. The Morgan fingerprint density at radius 3 is 2.40 bits per heavy atom. The van der Waals surface area contributed by atoms with E-state index in [-0.39, 0.29) is 34.7 Å². The summed E-state index contributed by atoms with van der Waals surface area (Å²) >= 11 is 1.20. The van der Waals surface area contributed by atoms with Gasteiger partial charge in [-0.2, -0.15) is 16.8 Å². The quantitative estimate of drug-likeness (QED) is 0.213. The summed E-state index contributed by atoms with van der Waals surface area (Å²) in [5, 5.41) is 9.18. The molecule has 0 saturated carbocycles. The van der Waals surface area contributed by atoms with Gasteiger partial charge in [-0.15, -0.1) is 0 Å². The molecule has 0 bridgehead atoms. The Kier molecular flexibility index (Phi) is 6.00. The van der Waals surface area contributed by atoms with Crippen LogP contribution in [0.25, 0.3) is 32.4 Å². The lowest BCUT2D eigenvalue weighted by Crippen LogP contribution is -2.43. The van der Waals surface area contributed by atoms with E-state index in [2.05, 4.69) is 15.2 Å². The number of aromatic nitrogens is 5. The number of tetrazole rings is 1.